The van der Waals surface area contributed by atoms with Crippen molar-refractivity contribution >= 4 is 0 Å². The molecule has 0 amide bonds. The SMILES string of the molecule is CCO/C(O)=C\Oc1ccccc1. The summed E-state index contributed by atoms with van der Waals surface area (Å²) in [5, 5.41) is 9.02. The second kappa shape index (κ2) is 5.09. The molecule has 0 unspecified atom stereocenters. The Balaban J connectivity index is 2.47. The summed E-state index contributed by atoms with van der Waals surface area (Å²) in [5.41, 5.74) is 0. The molecule has 0 bridgehead atoms. The van der Waals surface area contributed by atoms with Crippen LogP contribution < -0.4 is 4.74 Å². The Labute approximate surface area is 77.2 Å². The molecule has 0 aliphatic rings. The zero-order valence-corrected chi connectivity index (χ0v) is 7.43. The zero-order chi connectivity index (χ0) is 9.52. The molecule has 0 radical (unpaired) electrons. The van der Waals surface area contributed by atoms with Gasteiger partial charge < -0.3 is 14.6 Å². The maximum Gasteiger partial charge on any atom is 0.313 e. The van der Waals surface area contributed by atoms with Crippen molar-refractivity contribution in [3.63, 3.8) is 0 Å². The largest absolute Gasteiger partial charge is 0.479 e. The molecule has 0 aliphatic heterocycles. The van der Waals surface area contributed by atoms with Crippen LogP contribution in [0.5, 0.6) is 5.75 Å². The molecule has 1 aromatic carbocycles. The number of hydrogen-bond acceptors (Lipinski definition) is 3. The summed E-state index contributed by atoms with van der Waals surface area (Å²) in [7, 11) is 0. The highest BCUT2D eigenvalue weighted by Crippen LogP contribution is 2.09. The Morgan fingerprint density at radius 2 is 2.08 bits per heavy atom. The molecule has 0 fully saturated rings. The quantitative estimate of drug-likeness (QED) is 0.723. The Morgan fingerprint density at radius 1 is 1.38 bits per heavy atom. The summed E-state index contributed by atoms with van der Waals surface area (Å²) in [6.45, 7) is 2.20. The van der Waals surface area contributed by atoms with Gasteiger partial charge in [0, 0.05) is 0 Å². The number of para-hydroxylation sites is 1. The Hall–Kier alpha value is -1.64. The lowest BCUT2D eigenvalue weighted by Gasteiger charge is -2.01. The van der Waals surface area contributed by atoms with Crippen LogP contribution >= 0.6 is 0 Å². The van der Waals surface area contributed by atoms with Crippen LogP contribution in [0.2, 0.25) is 0 Å². The average Bonchev–Trinajstić information content (AvgIpc) is 2.17. The highest BCUT2D eigenvalue weighted by Gasteiger charge is 1.92. The molecular weight excluding hydrogens is 168 g/mol. The van der Waals surface area contributed by atoms with Gasteiger partial charge in [-0.1, -0.05) is 18.2 Å². The van der Waals surface area contributed by atoms with Crippen molar-refractivity contribution in [1.82, 2.24) is 0 Å². The second-order valence-electron chi connectivity index (χ2n) is 2.32. The van der Waals surface area contributed by atoms with Gasteiger partial charge in [-0.15, -0.1) is 0 Å². The topological polar surface area (TPSA) is 38.7 Å². The zero-order valence-electron chi connectivity index (χ0n) is 7.43. The van der Waals surface area contributed by atoms with Gasteiger partial charge in [0.15, 0.2) is 6.26 Å². The maximum absolute atomic E-state index is 9.02. The van der Waals surface area contributed by atoms with E-state index in [4.69, 9.17) is 14.6 Å². The number of aliphatic hydroxyl groups excluding tert-OH is 1. The molecule has 1 N–H and O–H groups in total. The summed E-state index contributed by atoms with van der Waals surface area (Å²) >= 11 is 0. The van der Waals surface area contributed by atoms with Crippen LogP contribution in [-0.2, 0) is 4.74 Å². The Morgan fingerprint density at radius 3 is 2.69 bits per heavy atom. The minimum atomic E-state index is -0.216. The summed E-state index contributed by atoms with van der Waals surface area (Å²) in [6.07, 6.45) is 1.17. The molecule has 3 nitrogen and oxygen atoms in total. The summed E-state index contributed by atoms with van der Waals surface area (Å²) < 4.78 is 9.84. The third-order valence-corrected chi connectivity index (χ3v) is 1.33. The van der Waals surface area contributed by atoms with Crippen LogP contribution in [0.15, 0.2) is 42.5 Å². The number of aliphatic hydroxyl groups is 1. The van der Waals surface area contributed by atoms with Gasteiger partial charge in [-0.25, -0.2) is 0 Å². The van der Waals surface area contributed by atoms with E-state index in [0.717, 1.165) is 0 Å². The molecule has 0 atom stereocenters. The fourth-order valence-electron chi connectivity index (χ4n) is 0.799. The van der Waals surface area contributed by atoms with Gasteiger partial charge in [0.2, 0.25) is 0 Å². The van der Waals surface area contributed by atoms with E-state index in [1.165, 1.54) is 6.26 Å². The molecular formula is C10H12O3. The number of benzene rings is 1. The van der Waals surface area contributed by atoms with Crippen molar-refractivity contribution < 1.29 is 14.6 Å². The summed E-state index contributed by atoms with van der Waals surface area (Å²) in [6, 6.07) is 9.16. The first-order chi connectivity index (χ1) is 6.33. The van der Waals surface area contributed by atoms with Crippen LogP contribution in [0, 0.1) is 0 Å². The van der Waals surface area contributed by atoms with Crippen molar-refractivity contribution in [3.8, 4) is 5.75 Å². The first-order valence-electron chi connectivity index (χ1n) is 4.06. The van der Waals surface area contributed by atoms with Gasteiger partial charge >= 0.3 is 5.95 Å². The van der Waals surface area contributed by atoms with Gasteiger partial charge in [0.25, 0.3) is 0 Å². The number of hydrogen-bond donors (Lipinski definition) is 1. The normalized spacial score (nSPS) is 11.0. The number of ether oxygens (including phenoxy) is 2. The second-order valence-corrected chi connectivity index (χ2v) is 2.32. The van der Waals surface area contributed by atoms with E-state index in [2.05, 4.69) is 0 Å². The van der Waals surface area contributed by atoms with Crippen molar-refractivity contribution in [1.29, 1.82) is 0 Å². The Kier molecular flexibility index (Phi) is 3.70. The molecule has 0 saturated carbocycles. The minimum Gasteiger partial charge on any atom is -0.479 e. The predicted molar refractivity (Wildman–Crippen MR) is 49.4 cm³/mol. The van der Waals surface area contributed by atoms with E-state index in [0.29, 0.717) is 12.4 Å². The molecule has 0 spiro atoms. The minimum absolute atomic E-state index is 0.216. The molecule has 0 aromatic heterocycles. The fraction of sp³-hybridized carbons (Fsp3) is 0.200. The van der Waals surface area contributed by atoms with E-state index in [1.807, 2.05) is 18.2 Å². The lowest BCUT2D eigenvalue weighted by Crippen LogP contribution is -1.92. The van der Waals surface area contributed by atoms with Crippen molar-refractivity contribution in [2.75, 3.05) is 6.61 Å². The van der Waals surface area contributed by atoms with Crippen LogP contribution in [0.25, 0.3) is 0 Å². The molecule has 1 rings (SSSR count). The van der Waals surface area contributed by atoms with Crippen LogP contribution in [0.1, 0.15) is 6.92 Å². The molecule has 0 aliphatic carbocycles. The highest BCUT2D eigenvalue weighted by molar-refractivity contribution is 5.21. The molecule has 0 saturated heterocycles. The first kappa shape index (κ1) is 9.45. The standard InChI is InChI=1S/C10H12O3/c1-2-12-10(11)8-13-9-6-4-3-5-7-9/h3-8,11H,2H2,1H3/b10-8-. The van der Waals surface area contributed by atoms with Gasteiger partial charge in [0.05, 0.1) is 6.61 Å². The fourth-order valence-corrected chi connectivity index (χ4v) is 0.799. The van der Waals surface area contributed by atoms with Crippen LogP contribution in [-0.4, -0.2) is 11.7 Å². The third-order valence-electron chi connectivity index (χ3n) is 1.33. The van der Waals surface area contributed by atoms with Gasteiger partial charge in [0.1, 0.15) is 5.75 Å². The summed E-state index contributed by atoms with van der Waals surface area (Å²) in [5.74, 6) is 0.445. The number of rotatable bonds is 4. The maximum atomic E-state index is 9.02. The summed E-state index contributed by atoms with van der Waals surface area (Å²) in [4.78, 5) is 0. The van der Waals surface area contributed by atoms with E-state index in [9.17, 15) is 0 Å². The lowest BCUT2D eigenvalue weighted by atomic mass is 10.3. The Bertz CT molecular complexity index is 267. The lowest BCUT2D eigenvalue weighted by molar-refractivity contribution is 0.0925. The predicted octanol–water partition coefficient (Wildman–Crippen LogP) is 2.46. The van der Waals surface area contributed by atoms with Crippen LogP contribution in [0.4, 0.5) is 0 Å². The van der Waals surface area contributed by atoms with E-state index < -0.39 is 0 Å². The smallest absolute Gasteiger partial charge is 0.313 e. The third kappa shape index (κ3) is 3.51. The van der Waals surface area contributed by atoms with Crippen molar-refractivity contribution in [2.24, 2.45) is 0 Å². The van der Waals surface area contributed by atoms with Crippen molar-refractivity contribution in [2.45, 2.75) is 6.92 Å². The average molecular weight is 180 g/mol. The molecule has 3 heteroatoms. The van der Waals surface area contributed by atoms with Crippen molar-refractivity contribution in [3.05, 3.63) is 42.5 Å². The first-order valence-corrected chi connectivity index (χ1v) is 4.06. The van der Waals surface area contributed by atoms with Gasteiger partial charge in [-0.05, 0) is 19.1 Å². The van der Waals surface area contributed by atoms with Gasteiger partial charge in [-0.3, -0.25) is 0 Å². The molecule has 70 valence electrons. The van der Waals surface area contributed by atoms with Crippen LogP contribution in [0.3, 0.4) is 0 Å². The molecule has 0 heterocycles. The van der Waals surface area contributed by atoms with E-state index in [1.54, 1.807) is 19.1 Å². The monoisotopic (exact) mass is 180 g/mol. The highest BCUT2D eigenvalue weighted by atomic mass is 16.6. The van der Waals surface area contributed by atoms with E-state index >= 15 is 0 Å². The molecule has 1 aromatic rings. The van der Waals surface area contributed by atoms with Gasteiger partial charge in [-0.2, -0.15) is 0 Å². The van der Waals surface area contributed by atoms with E-state index in [-0.39, 0.29) is 5.95 Å². The molecule has 13 heavy (non-hydrogen) atoms.